The zero-order chi connectivity index (χ0) is 98.9. The second-order valence-electron chi connectivity index (χ2n) is 36.1. The number of fused-ring (bicyclic) bond motifs is 6. The van der Waals surface area contributed by atoms with Gasteiger partial charge < -0.3 is 59.3 Å². The van der Waals surface area contributed by atoms with E-state index in [0.29, 0.717) is 118 Å². The molecule has 5 aliphatic heterocycles. The molecule has 141 heavy (non-hydrogen) atoms. The molecule has 24 nitrogen and oxygen atoms in total. The fraction of sp³-hybridized carbons (Fsp3) is 0.287. The van der Waals surface area contributed by atoms with Crippen LogP contribution in [0.1, 0.15) is 145 Å². The van der Waals surface area contributed by atoms with Gasteiger partial charge in [0.15, 0.2) is 17.3 Å². The maximum absolute atomic E-state index is 13.6. The predicted molar refractivity (Wildman–Crippen MR) is 549 cm³/mol. The number of halogens is 1. The maximum Gasteiger partial charge on any atom is 0.326 e. The summed E-state index contributed by atoms with van der Waals surface area (Å²) in [5, 5.41) is 19.1. The minimum Gasteiger partial charge on any atom is -0.496 e. The molecule has 4 fully saturated rings. The summed E-state index contributed by atoms with van der Waals surface area (Å²) in [6, 6.07) is 88.4. The van der Waals surface area contributed by atoms with Crippen molar-refractivity contribution >= 4 is 91.8 Å². The minimum atomic E-state index is -1.35. The van der Waals surface area contributed by atoms with Crippen LogP contribution in [-0.4, -0.2) is 191 Å². The van der Waals surface area contributed by atoms with Crippen LogP contribution in [0.3, 0.4) is 0 Å². The molecule has 1 spiro atoms. The molecule has 4 N–H and O–H groups in total. The molecule has 0 bridgehead atoms. The van der Waals surface area contributed by atoms with Crippen LogP contribution in [0, 0.1) is 11.7 Å². The minimum absolute atomic E-state index is 0.0197. The molecule has 1 unspecified atom stereocenters. The average Bonchev–Trinajstić information content (AvgIpc) is 1.56. The van der Waals surface area contributed by atoms with Crippen LogP contribution < -0.4 is 35.4 Å². The molecule has 19 rings (SSSR count). The number of rotatable bonds is 27. The van der Waals surface area contributed by atoms with E-state index in [-0.39, 0.29) is 76.7 Å². The summed E-state index contributed by atoms with van der Waals surface area (Å²) in [5.74, 6) is -2.17. The van der Waals surface area contributed by atoms with Gasteiger partial charge in [0.25, 0.3) is 23.5 Å². The number of ketones is 3. The first-order valence-corrected chi connectivity index (χ1v) is 48.7. The third-order valence-electron chi connectivity index (χ3n) is 25.1. The summed E-state index contributed by atoms with van der Waals surface area (Å²) < 4.78 is 48.5. The van der Waals surface area contributed by atoms with Gasteiger partial charge in [0.2, 0.25) is 5.91 Å². The quantitative estimate of drug-likeness (QED) is 0.0275. The van der Waals surface area contributed by atoms with Crippen molar-refractivity contribution in [1.82, 2.24) is 30.8 Å². The van der Waals surface area contributed by atoms with E-state index in [1.807, 2.05) is 174 Å². The molecule has 10 aromatic carbocycles. The van der Waals surface area contributed by atoms with E-state index in [0.717, 1.165) is 107 Å². The van der Waals surface area contributed by atoms with Gasteiger partial charge in [-0.25, -0.2) is 19.2 Å². The van der Waals surface area contributed by atoms with Gasteiger partial charge in [-0.05, 0) is 180 Å². The number of methoxy groups -OCH3 is 1. The third kappa shape index (κ3) is 25.5. The number of carbonyl (C=O) groups excluding carboxylic acids is 7. The zero-order valence-corrected chi connectivity index (χ0v) is 81.2. The van der Waals surface area contributed by atoms with Gasteiger partial charge in [0, 0.05) is 109 Å². The number of carboxylic acids is 1. The molecule has 6 aliphatic rings. The van der Waals surface area contributed by atoms with Crippen LogP contribution in [0.5, 0.6) is 5.75 Å². The van der Waals surface area contributed by atoms with Crippen molar-refractivity contribution in [3.05, 3.63) is 363 Å². The number of aromatic nitrogens is 2. The number of ether oxygens (including phenoxy) is 6. The molecular formula is C115H118FN9O15S. The number of morpholine rings is 3. The van der Waals surface area contributed by atoms with Crippen molar-refractivity contribution in [3.63, 3.8) is 0 Å². The number of thiophene rings is 1. The number of hydrogen-bond acceptors (Lipinski definition) is 20. The van der Waals surface area contributed by atoms with Gasteiger partial charge in [-0.2, -0.15) is 0 Å². The van der Waals surface area contributed by atoms with E-state index in [4.69, 9.17) is 38.4 Å². The summed E-state index contributed by atoms with van der Waals surface area (Å²) in [7, 11) is 1.48. The van der Waals surface area contributed by atoms with Gasteiger partial charge in [-0.3, -0.25) is 43.4 Å². The van der Waals surface area contributed by atoms with Gasteiger partial charge in [-0.1, -0.05) is 221 Å². The van der Waals surface area contributed by atoms with E-state index in [9.17, 15) is 47.9 Å². The lowest BCUT2D eigenvalue weighted by atomic mass is 9.83. The molecule has 4 amide bonds. The molecule has 26 heteroatoms. The second-order valence-corrected chi connectivity index (χ2v) is 37.2. The number of hydrogen-bond donors (Lipinski definition) is 4. The smallest absolute Gasteiger partial charge is 0.326 e. The van der Waals surface area contributed by atoms with E-state index < -0.39 is 23.7 Å². The fourth-order valence-electron chi connectivity index (χ4n) is 17.7. The van der Waals surface area contributed by atoms with Crippen LogP contribution in [0.25, 0.3) is 49.1 Å². The number of nitrogens with one attached hydrogen (secondary N) is 3. The van der Waals surface area contributed by atoms with E-state index in [1.165, 1.54) is 63.7 Å². The normalized spacial score (nSPS) is 16.6. The standard InChI is InChI=1S/C25H25N3O2.C24H27NO5.C23H26N2O4.C22H17FO2.C21H23N3O2S/c1-2-26-25(29)21-9-10-23(27-24(21)28-11-13-30-14-12-28)19-8-7-18-15-17-5-3-4-6-20(17)22(18)16-19;1-16(2)13-20(24(28)29)25-23(27)18(14-17-9-5-4-6-10-17)15-21(26)19-11-7-8-12-22(19)30-3;1-22(18-7-3-2-4-8-18)15-28-23(29-16-22)19-9-5-6-10-20(19)25(21(23)26)17-24-11-13-27-14-12-24;23-19-12-10-17(11-13-19)21(24)15-18-8-4-5-9-20(18)22(25)14-16-6-2-1-3-7-16;1-14(2)22-21(25)16-7-8-17(23-20(16)24-9-11-26-12-10-24)19-13-15-5-3-4-6-18(15)27-19/h3-10,16H,2,11-15H2,1H3,(H,26,29);4-12,14,16,20H,13,15H2,1-3H3,(H,25,27)(H,28,29);2-10H,11-17H2,1H3;1-13H,14-15H2;3-8,13-14H,9-12H2,1-2H3,(H,22,25)/b;18-14-;;;. The number of carbonyl (C=O) groups is 8. The van der Waals surface area contributed by atoms with Crippen molar-refractivity contribution in [3.8, 4) is 38.7 Å². The van der Waals surface area contributed by atoms with Crippen LogP contribution in [-0.2, 0) is 68.5 Å². The topological polar surface area (TPSA) is 287 Å². The Balaban J connectivity index is 0.000000133. The Hall–Kier alpha value is -14.4. The van der Waals surface area contributed by atoms with Gasteiger partial charge in [0.1, 0.15) is 29.2 Å². The van der Waals surface area contributed by atoms with Gasteiger partial charge in [-0.15, -0.1) is 11.3 Å². The van der Waals surface area contributed by atoms with Crippen molar-refractivity contribution < 1.29 is 76.3 Å². The molecule has 1 aliphatic carbocycles. The monoisotopic (exact) mass is 1920 g/mol. The molecule has 0 radical (unpaired) electrons. The first kappa shape index (κ1) is 101. The molecule has 3 aromatic heterocycles. The lowest BCUT2D eigenvalue weighted by Gasteiger charge is -2.42. The zero-order valence-electron chi connectivity index (χ0n) is 80.4. The molecule has 1 atom stereocenters. The highest BCUT2D eigenvalue weighted by atomic mass is 32.1. The summed E-state index contributed by atoms with van der Waals surface area (Å²) in [5.41, 5.74) is 15.9. The largest absolute Gasteiger partial charge is 0.496 e. The number of pyridine rings is 2. The predicted octanol–water partition coefficient (Wildman–Crippen LogP) is 19.0. The highest BCUT2D eigenvalue weighted by Crippen LogP contribution is 2.49. The van der Waals surface area contributed by atoms with Crippen LogP contribution in [0.4, 0.5) is 21.7 Å². The Bertz CT molecular complexity index is 6560. The Morgan fingerprint density at radius 3 is 1.78 bits per heavy atom. The molecular weight excluding hydrogens is 1800 g/mol. The summed E-state index contributed by atoms with van der Waals surface area (Å²) >= 11 is 1.72. The average molecular weight is 1920 g/mol. The second kappa shape index (κ2) is 48.0. The van der Waals surface area contributed by atoms with Crippen LogP contribution >= 0.6 is 11.3 Å². The first-order chi connectivity index (χ1) is 68.4. The summed E-state index contributed by atoms with van der Waals surface area (Å²) in [4.78, 5) is 121. The lowest BCUT2D eigenvalue weighted by Crippen LogP contribution is -2.55. The van der Waals surface area contributed by atoms with E-state index >= 15 is 0 Å². The van der Waals surface area contributed by atoms with Crippen molar-refractivity contribution in [2.75, 3.05) is 127 Å². The highest BCUT2D eigenvalue weighted by molar-refractivity contribution is 7.22. The molecule has 726 valence electrons. The number of para-hydroxylation sites is 2. The van der Waals surface area contributed by atoms with Crippen molar-refractivity contribution in [2.24, 2.45) is 5.92 Å². The molecule has 8 heterocycles. The lowest BCUT2D eigenvalue weighted by molar-refractivity contribution is -0.276. The van der Waals surface area contributed by atoms with Crippen molar-refractivity contribution in [1.29, 1.82) is 0 Å². The summed E-state index contributed by atoms with van der Waals surface area (Å²) in [6.45, 7) is 22.3. The Labute approximate surface area is 825 Å². The highest BCUT2D eigenvalue weighted by Gasteiger charge is 2.58. The number of benzene rings is 10. The number of aliphatic carboxylic acids is 1. The summed E-state index contributed by atoms with van der Waals surface area (Å²) in [6.07, 6.45) is 3.10. The number of amides is 4. The van der Waals surface area contributed by atoms with E-state index in [1.54, 1.807) is 64.8 Å². The molecule has 13 aromatic rings. The van der Waals surface area contributed by atoms with Gasteiger partial charge >= 0.3 is 5.97 Å². The number of Topliss-reactive ketones (excluding diaryl/α,β-unsaturated/α-hetero) is 3. The molecule has 0 saturated carbocycles. The SMILES string of the molecule is CC(C)NC(=O)c1ccc(-c2cc3ccccc3s2)nc1N1CCOCC1.CC1(c2ccccc2)COC2(OC1)C(=O)N(CN1CCOCC1)c1ccccc12.CCNC(=O)c1ccc(-c2ccc3c(c2)-c2ccccc2C3)nc1N1CCOCC1.COc1ccccc1C(=O)C/C(=C/c1ccccc1)C(=O)NC(CC(C)C)C(=O)O.O=C(Cc1ccccc1C(=O)Cc1ccccc1)c1ccc(F)cc1. The van der Waals surface area contributed by atoms with Crippen LogP contribution in [0.2, 0.25) is 0 Å². The fourth-order valence-corrected chi connectivity index (χ4v) is 18.7. The number of carboxylic acid groups (broad SMARTS) is 1. The maximum atomic E-state index is 13.6. The van der Waals surface area contributed by atoms with Crippen molar-refractivity contribution in [2.45, 2.75) is 96.9 Å². The first-order valence-electron chi connectivity index (χ1n) is 47.8. The Kier molecular flexibility index (Phi) is 34.4. The Morgan fingerprint density at radius 2 is 1.13 bits per heavy atom. The Morgan fingerprint density at radius 1 is 0.553 bits per heavy atom. The number of nitrogens with zero attached hydrogens (tertiary/aromatic N) is 6. The molecule has 4 saturated heterocycles. The van der Waals surface area contributed by atoms with E-state index in [2.05, 4.69) is 116 Å². The third-order valence-corrected chi connectivity index (χ3v) is 26.3. The van der Waals surface area contributed by atoms with Gasteiger partial charge in [0.05, 0.1) is 105 Å². The number of anilines is 3. The van der Waals surface area contributed by atoms with Crippen LogP contribution in [0.15, 0.2) is 291 Å².